The maximum Gasteiger partial charge on any atom is 0.410 e. The lowest BCUT2D eigenvalue weighted by molar-refractivity contribution is 0.0195. The molecule has 1 aliphatic rings. The summed E-state index contributed by atoms with van der Waals surface area (Å²) in [4.78, 5) is 13.6. The van der Waals surface area contributed by atoms with Crippen LogP contribution in [0.1, 0.15) is 40.0 Å². The van der Waals surface area contributed by atoms with E-state index in [-0.39, 0.29) is 11.8 Å². The SMILES string of the molecule is CC(C)(C)OC(=O)N1CCC[C@@H](NS(=O)(=O)CCCCl)C1. The van der Waals surface area contributed by atoms with E-state index in [1.54, 1.807) is 25.7 Å². The van der Waals surface area contributed by atoms with E-state index in [0.717, 1.165) is 12.8 Å². The van der Waals surface area contributed by atoms with Gasteiger partial charge < -0.3 is 9.64 Å². The molecule has 0 aliphatic carbocycles. The van der Waals surface area contributed by atoms with Crippen molar-refractivity contribution in [2.24, 2.45) is 0 Å². The number of carbonyl (C=O) groups is 1. The number of sulfonamides is 1. The maximum absolute atomic E-state index is 12.0. The van der Waals surface area contributed by atoms with Gasteiger partial charge in [0.1, 0.15) is 5.60 Å². The van der Waals surface area contributed by atoms with Crippen molar-refractivity contribution in [1.29, 1.82) is 0 Å². The molecule has 1 fully saturated rings. The third-order valence-corrected chi connectivity index (χ3v) is 4.75. The number of piperidine rings is 1. The summed E-state index contributed by atoms with van der Waals surface area (Å²) in [6, 6.07) is -0.258. The molecule has 0 aromatic carbocycles. The Hall–Kier alpha value is -0.530. The summed E-state index contributed by atoms with van der Waals surface area (Å²) in [5, 5.41) is 0. The van der Waals surface area contributed by atoms with Crippen molar-refractivity contribution in [3.8, 4) is 0 Å². The van der Waals surface area contributed by atoms with Crippen LogP contribution in [0, 0.1) is 0 Å². The minimum atomic E-state index is -3.34. The molecule has 1 rings (SSSR count). The van der Waals surface area contributed by atoms with Crippen LogP contribution < -0.4 is 4.72 Å². The zero-order chi connectivity index (χ0) is 16.1. The first-order valence-electron chi connectivity index (χ1n) is 7.17. The lowest BCUT2D eigenvalue weighted by atomic mass is 10.1. The highest BCUT2D eigenvalue weighted by molar-refractivity contribution is 7.89. The predicted molar refractivity (Wildman–Crippen MR) is 83.1 cm³/mol. The van der Waals surface area contributed by atoms with Gasteiger partial charge in [-0.1, -0.05) is 0 Å². The van der Waals surface area contributed by atoms with Crippen molar-refractivity contribution in [2.75, 3.05) is 24.7 Å². The van der Waals surface area contributed by atoms with Gasteiger partial charge in [-0.15, -0.1) is 11.6 Å². The van der Waals surface area contributed by atoms with Gasteiger partial charge in [-0.05, 0) is 40.0 Å². The molecule has 6 nitrogen and oxygen atoms in total. The number of likely N-dealkylation sites (tertiary alicyclic amines) is 1. The Balaban J connectivity index is 2.54. The van der Waals surface area contributed by atoms with Crippen LogP contribution in [0.15, 0.2) is 0 Å². The van der Waals surface area contributed by atoms with E-state index < -0.39 is 21.7 Å². The summed E-state index contributed by atoms with van der Waals surface area (Å²) in [6.45, 7) is 6.35. The molecule has 0 spiro atoms. The normalized spacial score (nSPS) is 20.4. The molecule has 124 valence electrons. The molecule has 1 heterocycles. The minimum Gasteiger partial charge on any atom is -0.444 e. The maximum atomic E-state index is 12.0. The van der Waals surface area contributed by atoms with E-state index in [0.29, 0.717) is 25.4 Å². The molecule has 1 aliphatic heterocycles. The van der Waals surface area contributed by atoms with Crippen LogP contribution in [-0.2, 0) is 14.8 Å². The first-order valence-corrected chi connectivity index (χ1v) is 9.35. The number of hydrogen-bond acceptors (Lipinski definition) is 4. The quantitative estimate of drug-likeness (QED) is 0.776. The molecule has 1 amide bonds. The van der Waals surface area contributed by atoms with Gasteiger partial charge in [0.05, 0.1) is 5.75 Å². The molecule has 21 heavy (non-hydrogen) atoms. The Labute approximate surface area is 132 Å². The van der Waals surface area contributed by atoms with Gasteiger partial charge in [-0.2, -0.15) is 0 Å². The summed E-state index contributed by atoms with van der Waals surface area (Å²) in [5.41, 5.74) is -0.552. The molecule has 0 aromatic rings. The lowest BCUT2D eigenvalue weighted by Crippen LogP contribution is -2.51. The van der Waals surface area contributed by atoms with Crippen molar-refractivity contribution < 1.29 is 17.9 Å². The number of ether oxygens (including phenoxy) is 1. The molecule has 8 heteroatoms. The molecule has 0 saturated carbocycles. The second-order valence-corrected chi connectivity index (χ2v) is 8.50. The zero-order valence-electron chi connectivity index (χ0n) is 12.9. The number of nitrogens with one attached hydrogen (secondary N) is 1. The van der Waals surface area contributed by atoms with Crippen molar-refractivity contribution in [3.63, 3.8) is 0 Å². The first-order chi connectivity index (χ1) is 9.63. The Morgan fingerprint density at radius 2 is 2.10 bits per heavy atom. The summed E-state index contributed by atoms with van der Waals surface area (Å²) in [7, 11) is -3.34. The smallest absolute Gasteiger partial charge is 0.410 e. The largest absolute Gasteiger partial charge is 0.444 e. The van der Waals surface area contributed by atoms with E-state index in [4.69, 9.17) is 16.3 Å². The average molecular weight is 341 g/mol. The van der Waals surface area contributed by atoms with Gasteiger partial charge in [-0.25, -0.2) is 17.9 Å². The third-order valence-electron chi connectivity index (χ3n) is 2.97. The summed E-state index contributed by atoms with van der Waals surface area (Å²) >= 11 is 5.51. The van der Waals surface area contributed by atoms with E-state index in [2.05, 4.69) is 4.72 Å². The number of amides is 1. The molecule has 0 aromatic heterocycles. The first kappa shape index (κ1) is 18.5. The number of alkyl halides is 1. The standard InChI is InChI=1S/C13H25ClN2O4S/c1-13(2,3)20-12(17)16-8-4-6-11(10-16)15-21(18,19)9-5-7-14/h11,15H,4-10H2,1-3H3/t11-/m1/s1. The van der Waals surface area contributed by atoms with Gasteiger partial charge in [0.15, 0.2) is 0 Å². The van der Waals surface area contributed by atoms with Crippen LogP contribution >= 0.6 is 11.6 Å². The fourth-order valence-corrected chi connectivity index (χ4v) is 3.76. The van der Waals surface area contributed by atoms with E-state index in [9.17, 15) is 13.2 Å². The summed E-state index contributed by atoms with van der Waals surface area (Å²) in [5.74, 6) is 0.328. The number of hydrogen-bond donors (Lipinski definition) is 1. The van der Waals surface area contributed by atoms with E-state index in [1.165, 1.54) is 0 Å². The summed E-state index contributed by atoms with van der Waals surface area (Å²) < 4.78 is 31.7. The van der Waals surface area contributed by atoms with E-state index >= 15 is 0 Å². The lowest BCUT2D eigenvalue weighted by Gasteiger charge is -2.34. The van der Waals surface area contributed by atoms with Crippen molar-refractivity contribution in [2.45, 2.75) is 51.7 Å². The fraction of sp³-hybridized carbons (Fsp3) is 0.923. The molecule has 0 bridgehead atoms. The van der Waals surface area contributed by atoms with Gasteiger partial charge in [0.25, 0.3) is 0 Å². The van der Waals surface area contributed by atoms with Crippen LogP contribution in [0.25, 0.3) is 0 Å². The average Bonchev–Trinajstić information content (AvgIpc) is 2.34. The van der Waals surface area contributed by atoms with Crippen LogP contribution in [-0.4, -0.2) is 55.8 Å². The second kappa shape index (κ2) is 7.65. The molecule has 0 unspecified atom stereocenters. The Morgan fingerprint density at radius 3 is 2.67 bits per heavy atom. The topological polar surface area (TPSA) is 75.7 Å². The van der Waals surface area contributed by atoms with Crippen LogP contribution in [0.5, 0.6) is 0 Å². The number of nitrogens with zero attached hydrogens (tertiary/aromatic N) is 1. The highest BCUT2D eigenvalue weighted by atomic mass is 35.5. The van der Waals surface area contributed by atoms with Crippen molar-refractivity contribution in [3.05, 3.63) is 0 Å². The van der Waals surface area contributed by atoms with Crippen LogP contribution in [0.3, 0.4) is 0 Å². The molecule has 1 atom stereocenters. The van der Waals surface area contributed by atoms with Gasteiger partial charge >= 0.3 is 6.09 Å². The predicted octanol–water partition coefficient (Wildman–Crippen LogP) is 1.93. The van der Waals surface area contributed by atoms with Gasteiger partial charge in [0, 0.05) is 25.0 Å². The molecule has 1 saturated heterocycles. The number of carbonyl (C=O) groups excluding carboxylic acids is 1. The Bertz CT molecular complexity index is 448. The van der Waals surface area contributed by atoms with Gasteiger partial charge in [-0.3, -0.25) is 0 Å². The number of rotatable bonds is 5. The molecular weight excluding hydrogens is 316 g/mol. The molecular formula is C13H25ClN2O4S. The number of halogens is 1. The molecule has 0 radical (unpaired) electrons. The van der Waals surface area contributed by atoms with Crippen LogP contribution in [0.4, 0.5) is 4.79 Å². The molecule has 1 N–H and O–H groups in total. The van der Waals surface area contributed by atoms with Crippen LogP contribution in [0.2, 0.25) is 0 Å². The van der Waals surface area contributed by atoms with Gasteiger partial charge in [0.2, 0.25) is 10.0 Å². The fourth-order valence-electron chi connectivity index (χ4n) is 2.12. The summed E-state index contributed by atoms with van der Waals surface area (Å²) in [6.07, 6.45) is 1.49. The highest BCUT2D eigenvalue weighted by Gasteiger charge is 2.29. The van der Waals surface area contributed by atoms with Crippen molar-refractivity contribution in [1.82, 2.24) is 9.62 Å². The Kier molecular flexibility index (Phi) is 6.74. The monoisotopic (exact) mass is 340 g/mol. The van der Waals surface area contributed by atoms with E-state index in [1.807, 2.05) is 0 Å². The van der Waals surface area contributed by atoms with Crippen molar-refractivity contribution >= 4 is 27.7 Å². The Morgan fingerprint density at radius 1 is 1.43 bits per heavy atom. The second-order valence-electron chi connectivity index (χ2n) is 6.24. The minimum absolute atomic E-state index is 0.0133. The highest BCUT2D eigenvalue weighted by Crippen LogP contribution is 2.16. The third kappa shape index (κ3) is 7.33. The zero-order valence-corrected chi connectivity index (χ0v) is 14.5.